The Labute approximate surface area is 124 Å². The lowest BCUT2D eigenvalue weighted by Gasteiger charge is -2.12. The molecule has 0 radical (unpaired) electrons. The predicted molar refractivity (Wildman–Crippen MR) is 79.9 cm³/mol. The molecule has 110 valence electrons. The third-order valence-corrected chi connectivity index (χ3v) is 3.00. The number of nitrogens with zero attached hydrogens (tertiary/aromatic N) is 4. The highest BCUT2D eigenvalue weighted by atomic mass is 16.5. The highest BCUT2D eigenvalue weighted by molar-refractivity contribution is 5.59. The minimum Gasteiger partial charge on any atom is -0.495 e. The van der Waals surface area contributed by atoms with Crippen LogP contribution < -0.4 is 10.1 Å². The minimum atomic E-state index is 0.509. The van der Waals surface area contributed by atoms with Gasteiger partial charge in [0.1, 0.15) is 17.9 Å². The Morgan fingerprint density at radius 1 is 1.43 bits per heavy atom. The molecule has 21 heavy (non-hydrogen) atoms. The number of rotatable bonds is 6. The standard InChI is InChI=1S/C15H19N5O/c1-11(2)9-20-15(18-10-19-20)8-17-13-5-4-12(7-16)6-14(13)21-3/h4-6,10-11,17H,8-9H2,1-3H3. The van der Waals surface area contributed by atoms with Crippen LogP contribution in [0.4, 0.5) is 5.69 Å². The molecule has 0 spiro atoms. The van der Waals surface area contributed by atoms with Gasteiger partial charge in [-0.05, 0) is 18.1 Å². The summed E-state index contributed by atoms with van der Waals surface area (Å²) in [7, 11) is 1.59. The maximum absolute atomic E-state index is 8.90. The molecule has 0 fully saturated rings. The average Bonchev–Trinajstić information content (AvgIpc) is 2.91. The number of nitriles is 1. The molecule has 0 aliphatic carbocycles. The van der Waals surface area contributed by atoms with E-state index >= 15 is 0 Å². The van der Waals surface area contributed by atoms with Crippen molar-refractivity contribution in [1.29, 1.82) is 5.26 Å². The number of benzene rings is 1. The summed E-state index contributed by atoms with van der Waals surface area (Å²) in [6.45, 7) is 5.67. The van der Waals surface area contributed by atoms with E-state index in [4.69, 9.17) is 10.00 Å². The van der Waals surface area contributed by atoms with Gasteiger partial charge in [0.05, 0.1) is 31.0 Å². The Balaban J connectivity index is 2.10. The van der Waals surface area contributed by atoms with E-state index in [0.29, 0.717) is 23.8 Å². The number of hydrogen-bond acceptors (Lipinski definition) is 5. The summed E-state index contributed by atoms with van der Waals surface area (Å²) in [5, 5.41) is 16.4. The first-order valence-corrected chi connectivity index (χ1v) is 6.82. The maximum atomic E-state index is 8.90. The van der Waals surface area contributed by atoms with Gasteiger partial charge in [-0.15, -0.1) is 0 Å². The largest absolute Gasteiger partial charge is 0.495 e. The Kier molecular flexibility index (Phi) is 4.77. The fourth-order valence-electron chi connectivity index (χ4n) is 2.00. The predicted octanol–water partition coefficient (Wildman–Crippen LogP) is 2.43. The Hall–Kier alpha value is -2.55. The molecule has 2 rings (SSSR count). The van der Waals surface area contributed by atoms with Gasteiger partial charge < -0.3 is 10.1 Å². The molecule has 2 aromatic rings. The lowest BCUT2D eigenvalue weighted by Crippen LogP contribution is -2.13. The lowest BCUT2D eigenvalue weighted by atomic mass is 10.2. The molecule has 0 saturated carbocycles. The van der Waals surface area contributed by atoms with Crippen LogP contribution in [-0.4, -0.2) is 21.9 Å². The summed E-state index contributed by atoms with van der Waals surface area (Å²) in [6.07, 6.45) is 1.56. The van der Waals surface area contributed by atoms with Gasteiger partial charge in [-0.2, -0.15) is 10.4 Å². The molecule has 1 aromatic heterocycles. The molecule has 6 heteroatoms. The van der Waals surface area contributed by atoms with Gasteiger partial charge in [0, 0.05) is 12.6 Å². The summed E-state index contributed by atoms with van der Waals surface area (Å²) in [4.78, 5) is 4.27. The van der Waals surface area contributed by atoms with Gasteiger partial charge >= 0.3 is 0 Å². The van der Waals surface area contributed by atoms with E-state index in [9.17, 15) is 0 Å². The van der Waals surface area contributed by atoms with Crippen LogP contribution in [0.1, 0.15) is 25.2 Å². The summed E-state index contributed by atoms with van der Waals surface area (Å²) in [5.41, 5.74) is 1.40. The molecule has 0 atom stereocenters. The zero-order chi connectivity index (χ0) is 15.2. The van der Waals surface area contributed by atoms with E-state index in [0.717, 1.165) is 18.1 Å². The van der Waals surface area contributed by atoms with Crippen molar-refractivity contribution < 1.29 is 4.74 Å². The number of ether oxygens (including phenoxy) is 1. The summed E-state index contributed by atoms with van der Waals surface area (Å²) >= 11 is 0. The van der Waals surface area contributed by atoms with E-state index in [2.05, 4.69) is 35.3 Å². The Bertz CT molecular complexity index is 642. The van der Waals surface area contributed by atoms with Crippen molar-refractivity contribution in [3.8, 4) is 11.8 Å². The van der Waals surface area contributed by atoms with Crippen LogP contribution in [0.2, 0.25) is 0 Å². The van der Waals surface area contributed by atoms with E-state index in [-0.39, 0.29) is 0 Å². The monoisotopic (exact) mass is 285 g/mol. The molecule has 1 aromatic carbocycles. The average molecular weight is 285 g/mol. The van der Waals surface area contributed by atoms with Crippen molar-refractivity contribution in [2.24, 2.45) is 5.92 Å². The maximum Gasteiger partial charge on any atom is 0.146 e. The van der Waals surface area contributed by atoms with Crippen molar-refractivity contribution >= 4 is 5.69 Å². The molecule has 0 unspecified atom stereocenters. The Morgan fingerprint density at radius 3 is 2.90 bits per heavy atom. The number of hydrogen-bond donors (Lipinski definition) is 1. The van der Waals surface area contributed by atoms with Crippen molar-refractivity contribution in [2.45, 2.75) is 26.9 Å². The highest BCUT2D eigenvalue weighted by Crippen LogP contribution is 2.25. The molecule has 0 bridgehead atoms. The number of anilines is 1. The zero-order valence-corrected chi connectivity index (χ0v) is 12.5. The van der Waals surface area contributed by atoms with Crippen molar-refractivity contribution in [3.63, 3.8) is 0 Å². The van der Waals surface area contributed by atoms with E-state index in [1.54, 1.807) is 25.6 Å². The SMILES string of the molecule is COc1cc(C#N)ccc1NCc1ncnn1CC(C)C. The molecule has 1 N–H and O–H groups in total. The third-order valence-electron chi connectivity index (χ3n) is 3.00. The second-order valence-corrected chi connectivity index (χ2v) is 5.13. The topological polar surface area (TPSA) is 75.8 Å². The minimum absolute atomic E-state index is 0.509. The molecular formula is C15H19N5O. The van der Waals surface area contributed by atoms with Crippen LogP contribution >= 0.6 is 0 Å². The van der Waals surface area contributed by atoms with Gasteiger partial charge in [0.25, 0.3) is 0 Å². The van der Waals surface area contributed by atoms with Crippen molar-refractivity contribution in [1.82, 2.24) is 14.8 Å². The summed E-state index contributed by atoms with van der Waals surface area (Å²) in [5.74, 6) is 2.02. The van der Waals surface area contributed by atoms with E-state index in [1.807, 2.05) is 10.7 Å². The van der Waals surface area contributed by atoms with Gasteiger partial charge in [-0.25, -0.2) is 9.67 Å². The normalized spacial score (nSPS) is 10.4. The van der Waals surface area contributed by atoms with Crippen LogP contribution in [0, 0.1) is 17.2 Å². The summed E-state index contributed by atoms with van der Waals surface area (Å²) in [6, 6.07) is 7.39. The molecular weight excluding hydrogens is 266 g/mol. The second-order valence-electron chi connectivity index (χ2n) is 5.13. The smallest absolute Gasteiger partial charge is 0.146 e. The third kappa shape index (κ3) is 3.72. The molecule has 0 aliphatic rings. The number of aromatic nitrogens is 3. The molecule has 0 amide bonds. The van der Waals surface area contributed by atoms with E-state index < -0.39 is 0 Å². The van der Waals surface area contributed by atoms with Crippen LogP contribution in [-0.2, 0) is 13.1 Å². The Morgan fingerprint density at radius 2 is 2.24 bits per heavy atom. The van der Waals surface area contributed by atoms with Crippen LogP contribution in [0.3, 0.4) is 0 Å². The fourth-order valence-corrected chi connectivity index (χ4v) is 2.00. The van der Waals surface area contributed by atoms with Gasteiger partial charge in [-0.3, -0.25) is 0 Å². The quantitative estimate of drug-likeness (QED) is 0.882. The first-order chi connectivity index (χ1) is 10.1. The summed E-state index contributed by atoms with van der Waals surface area (Å²) < 4.78 is 7.19. The zero-order valence-electron chi connectivity index (χ0n) is 12.5. The molecule has 1 heterocycles. The second kappa shape index (κ2) is 6.75. The lowest BCUT2D eigenvalue weighted by molar-refractivity contribution is 0.416. The highest BCUT2D eigenvalue weighted by Gasteiger charge is 2.08. The van der Waals surface area contributed by atoms with Crippen molar-refractivity contribution in [2.75, 3.05) is 12.4 Å². The molecule has 0 saturated heterocycles. The number of nitrogens with one attached hydrogen (secondary N) is 1. The molecule has 6 nitrogen and oxygen atoms in total. The van der Waals surface area contributed by atoms with Crippen LogP contribution in [0.5, 0.6) is 5.75 Å². The number of methoxy groups -OCH3 is 1. The van der Waals surface area contributed by atoms with Crippen LogP contribution in [0.15, 0.2) is 24.5 Å². The van der Waals surface area contributed by atoms with Crippen molar-refractivity contribution in [3.05, 3.63) is 35.9 Å². The van der Waals surface area contributed by atoms with E-state index in [1.165, 1.54) is 0 Å². The fraction of sp³-hybridized carbons (Fsp3) is 0.400. The molecule has 0 aliphatic heterocycles. The first-order valence-electron chi connectivity index (χ1n) is 6.82. The van der Waals surface area contributed by atoms with Gasteiger partial charge in [-0.1, -0.05) is 13.8 Å². The van der Waals surface area contributed by atoms with Gasteiger partial charge in [0.2, 0.25) is 0 Å². The van der Waals surface area contributed by atoms with Crippen LogP contribution in [0.25, 0.3) is 0 Å². The van der Waals surface area contributed by atoms with Gasteiger partial charge in [0.15, 0.2) is 0 Å². The first kappa shape index (κ1) is 14.9.